The molecule has 3 aromatic rings. The van der Waals surface area contributed by atoms with Crippen molar-refractivity contribution in [3.63, 3.8) is 0 Å². The van der Waals surface area contributed by atoms with Gasteiger partial charge in [0.05, 0.1) is 7.11 Å². The summed E-state index contributed by atoms with van der Waals surface area (Å²) in [5, 5.41) is 6.84. The smallest absolute Gasteiger partial charge is 0.274 e. The second-order valence-electron chi connectivity index (χ2n) is 6.05. The molecular formula is C19H22N4O3. The molecule has 136 valence electrons. The van der Waals surface area contributed by atoms with E-state index >= 15 is 0 Å². The molecule has 1 aromatic carbocycles. The number of ether oxygens (including phenoxy) is 1. The number of nitrogens with one attached hydrogen (secondary N) is 1. The van der Waals surface area contributed by atoms with Crippen molar-refractivity contribution in [3.05, 3.63) is 47.4 Å². The van der Waals surface area contributed by atoms with E-state index in [1.54, 1.807) is 13.2 Å². The number of nitrogens with zero attached hydrogens (tertiary/aromatic N) is 3. The minimum atomic E-state index is -0.145. The normalized spacial score (nSPS) is 10.8. The number of anilines is 1. The van der Waals surface area contributed by atoms with Crippen molar-refractivity contribution in [1.29, 1.82) is 0 Å². The molecule has 0 fully saturated rings. The molecule has 3 rings (SSSR count). The van der Waals surface area contributed by atoms with Crippen molar-refractivity contribution in [2.75, 3.05) is 12.4 Å². The van der Waals surface area contributed by atoms with E-state index in [0.717, 1.165) is 17.0 Å². The monoisotopic (exact) mass is 354 g/mol. The van der Waals surface area contributed by atoms with E-state index < -0.39 is 0 Å². The van der Waals surface area contributed by atoms with Crippen LogP contribution in [-0.2, 0) is 17.8 Å². The van der Waals surface area contributed by atoms with Crippen LogP contribution in [0.3, 0.4) is 0 Å². The van der Waals surface area contributed by atoms with Crippen molar-refractivity contribution in [1.82, 2.24) is 14.7 Å². The summed E-state index contributed by atoms with van der Waals surface area (Å²) in [6.45, 7) is 6.03. The van der Waals surface area contributed by atoms with Crippen LogP contribution < -0.4 is 10.1 Å². The number of carbonyl (C=O) groups excluding carboxylic acids is 1. The van der Waals surface area contributed by atoms with E-state index in [2.05, 4.69) is 15.5 Å². The molecule has 0 bridgehead atoms. The molecule has 7 heteroatoms. The Bertz CT molecular complexity index is 927. The standard InChI is InChI=1S/C19H22N4O3/c1-5-16-21-19(26-22-16)18-12(2)9-13(3)23(18)11-17(24)20-14-7-6-8-15(10-14)25-4/h6-10H,5,11H2,1-4H3,(H,20,24). The van der Waals surface area contributed by atoms with Gasteiger partial charge in [0.2, 0.25) is 5.91 Å². The number of rotatable bonds is 6. The fraction of sp³-hybridized carbons (Fsp3) is 0.316. The van der Waals surface area contributed by atoms with Gasteiger partial charge < -0.3 is 19.1 Å². The highest BCUT2D eigenvalue weighted by molar-refractivity contribution is 5.91. The number of benzene rings is 1. The lowest BCUT2D eigenvalue weighted by molar-refractivity contribution is -0.116. The SMILES string of the molecule is CCc1noc(-c2c(C)cc(C)n2CC(=O)Nc2cccc(OC)c2)n1. The predicted octanol–water partition coefficient (Wildman–Crippen LogP) is 3.36. The third-order valence-corrected chi connectivity index (χ3v) is 4.14. The molecule has 1 amide bonds. The molecule has 0 spiro atoms. The van der Waals surface area contributed by atoms with Gasteiger partial charge >= 0.3 is 0 Å². The number of amides is 1. The largest absolute Gasteiger partial charge is 0.497 e. The number of hydrogen-bond donors (Lipinski definition) is 1. The lowest BCUT2D eigenvalue weighted by Gasteiger charge is -2.11. The van der Waals surface area contributed by atoms with E-state index in [4.69, 9.17) is 9.26 Å². The Hall–Kier alpha value is -3.09. The predicted molar refractivity (Wildman–Crippen MR) is 98.2 cm³/mol. The summed E-state index contributed by atoms with van der Waals surface area (Å²) in [6.07, 6.45) is 0.693. The minimum Gasteiger partial charge on any atom is -0.497 e. The Kier molecular flexibility index (Phi) is 5.06. The summed E-state index contributed by atoms with van der Waals surface area (Å²) in [7, 11) is 1.59. The van der Waals surface area contributed by atoms with Crippen molar-refractivity contribution in [2.24, 2.45) is 0 Å². The molecule has 0 unspecified atom stereocenters. The Morgan fingerprint density at radius 3 is 2.81 bits per heavy atom. The highest BCUT2D eigenvalue weighted by Gasteiger charge is 2.19. The summed E-state index contributed by atoms with van der Waals surface area (Å²) in [5.74, 6) is 1.62. The topological polar surface area (TPSA) is 82.2 Å². The van der Waals surface area contributed by atoms with Crippen LogP contribution in [0.4, 0.5) is 5.69 Å². The van der Waals surface area contributed by atoms with Gasteiger partial charge in [-0.1, -0.05) is 18.1 Å². The van der Waals surface area contributed by atoms with Gasteiger partial charge in [0.1, 0.15) is 18.0 Å². The Balaban J connectivity index is 1.84. The zero-order chi connectivity index (χ0) is 18.7. The molecule has 0 aliphatic carbocycles. The van der Waals surface area contributed by atoms with E-state index in [-0.39, 0.29) is 12.5 Å². The Morgan fingerprint density at radius 2 is 2.12 bits per heavy atom. The zero-order valence-electron chi connectivity index (χ0n) is 15.4. The summed E-state index contributed by atoms with van der Waals surface area (Å²) >= 11 is 0. The lowest BCUT2D eigenvalue weighted by atomic mass is 10.2. The number of hydrogen-bond acceptors (Lipinski definition) is 5. The van der Waals surface area contributed by atoms with Crippen LogP contribution in [0.5, 0.6) is 5.75 Å². The highest BCUT2D eigenvalue weighted by atomic mass is 16.5. The molecule has 0 aliphatic heterocycles. The lowest BCUT2D eigenvalue weighted by Crippen LogP contribution is -2.20. The maximum atomic E-state index is 12.5. The van der Waals surface area contributed by atoms with Crippen LogP contribution in [0.1, 0.15) is 24.0 Å². The van der Waals surface area contributed by atoms with Gasteiger partial charge in [-0.15, -0.1) is 0 Å². The van der Waals surface area contributed by atoms with Crippen LogP contribution in [0.2, 0.25) is 0 Å². The molecule has 26 heavy (non-hydrogen) atoms. The van der Waals surface area contributed by atoms with Crippen LogP contribution in [0.15, 0.2) is 34.9 Å². The number of methoxy groups -OCH3 is 1. The van der Waals surface area contributed by atoms with Crippen LogP contribution in [-0.4, -0.2) is 27.7 Å². The maximum Gasteiger partial charge on any atom is 0.274 e. The average Bonchev–Trinajstić information content (AvgIpc) is 3.19. The van der Waals surface area contributed by atoms with Gasteiger partial charge in [-0.25, -0.2) is 0 Å². The van der Waals surface area contributed by atoms with Crippen molar-refractivity contribution >= 4 is 11.6 Å². The third kappa shape index (κ3) is 3.61. The molecule has 0 atom stereocenters. The second kappa shape index (κ2) is 7.43. The minimum absolute atomic E-state index is 0.145. The molecule has 7 nitrogen and oxygen atoms in total. The van der Waals surface area contributed by atoms with E-state index in [9.17, 15) is 4.79 Å². The van der Waals surface area contributed by atoms with Crippen LogP contribution in [0.25, 0.3) is 11.6 Å². The fourth-order valence-corrected chi connectivity index (χ4v) is 2.88. The van der Waals surface area contributed by atoms with Crippen molar-refractivity contribution in [3.8, 4) is 17.3 Å². The summed E-state index contributed by atoms with van der Waals surface area (Å²) in [5.41, 5.74) is 3.40. The molecule has 0 radical (unpaired) electrons. The van der Waals surface area contributed by atoms with Gasteiger partial charge in [0.25, 0.3) is 5.89 Å². The van der Waals surface area contributed by atoms with Gasteiger partial charge in [0, 0.05) is 23.9 Å². The summed E-state index contributed by atoms with van der Waals surface area (Å²) in [4.78, 5) is 16.9. The quantitative estimate of drug-likeness (QED) is 0.734. The number of aryl methyl sites for hydroxylation is 3. The first-order valence-corrected chi connectivity index (χ1v) is 8.45. The van der Waals surface area contributed by atoms with Gasteiger partial charge in [-0.2, -0.15) is 4.98 Å². The van der Waals surface area contributed by atoms with Crippen LogP contribution in [0, 0.1) is 13.8 Å². The molecule has 2 heterocycles. The molecule has 1 N–H and O–H groups in total. The second-order valence-corrected chi connectivity index (χ2v) is 6.05. The van der Waals surface area contributed by atoms with E-state index in [1.807, 2.05) is 49.6 Å². The average molecular weight is 354 g/mol. The highest BCUT2D eigenvalue weighted by Crippen LogP contribution is 2.26. The molecule has 0 saturated carbocycles. The number of carbonyl (C=O) groups is 1. The zero-order valence-corrected chi connectivity index (χ0v) is 15.4. The first-order valence-electron chi connectivity index (χ1n) is 8.45. The van der Waals surface area contributed by atoms with Crippen LogP contribution >= 0.6 is 0 Å². The summed E-state index contributed by atoms with van der Waals surface area (Å²) in [6, 6.07) is 9.26. The third-order valence-electron chi connectivity index (χ3n) is 4.14. The molecule has 0 saturated heterocycles. The van der Waals surface area contributed by atoms with Crippen molar-refractivity contribution < 1.29 is 14.1 Å². The number of aromatic nitrogens is 3. The van der Waals surface area contributed by atoms with Gasteiger partial charge in [-0.3, -0.25) is 4.79 Å². The van der Waals surface area contributed by atoms with Gasteiger partial charge in [0.15, 0.2) is 5.82 Å². The summed E-state index contributed by atoms with van der Waals surface area (Å²) < 4.78 is 12.4. The maximum absolute atomic E-state index is 12.5. The fourth-order valence-electron chi connectivity index (χ4n) is 2.88. The van der Waals surface area contributed by atoms with Gasteiger partial charge in [-0.05, 0) is 37.6 Å². The van der Waals surface area contributed by atoms with Crippen molar-refractivity contribution in [2.45, 2.75) is 33.7 Å². The Morgan fingerprint density at radius 1 is 1.31 bits per heavy atom. The first kappa shape index (κ1) is 17.7. The van der Waals surface area contributed by atoms with E-state index in [1.165, 1.54) is 0 Å². The van der Waals surface area contributed by atoms with E-state index in [0.29, 0.717) is 29.6 Å². The Labute approximate surface area is 152 Å². The molecule has 0 aliphatic rings. The molecular weight excluding hydrogens is 332 g/mol. The first-order chi connectivity index (χ1) is 12.5. The molecule has 2 aromatic heterocycles.